The van der Waals surface area contributed by atoms with Crippen LogP contribution in [0.15, 0.2) is 29.2 Å². The maximum absolute atomic E-state index is 12.4. The van der Waals surface area contributed by atoms with Gasteiger partial charge in [0.25, 0.3) is 0 Å². The average molecular weight is 385 g/mol. The number of nitrogens with one attached hydrogen (secondary N) is 1. The molecule has 5 nitrogen and oxygen atoms in total. The number of sulfonamides is 1. The van der Waals surface area contributed by atoms with Crippen molar-refractivity contribution in [3.05, 3.63) is 29.8 Å². The van der Waals surface area contributed by atoms with E-state index in [1.807, 2.05) is 37.4 Å². The summed E-state index contributed by atoms with van der Waals surface area (Å²) in [4.78, 5) is 13.6. The summed E-state index contributed by atoms with van der Waals surface area (Å²) in [6, 6.07) is 7.82. The fraction of sp³-hybridized carbons (Fsp3) is 0.611. The second-order valence-electron chi connectivity index (χ2n) is 6.66. The van der Waals surface area contributed by atoms with Gasteiger partial charge in [0.05, 0.1) is 18.8 Å². The van der Waals surface area contributed by atoms with Gasteiger partial charge in [-0.2, -0.15) is 4.31 Å². The zero-order valence-electron chi connectivity index (χ0n) is 15.2. The van der Waals surface area contributed by atoms with Crippen molar-refractivity contribution in [3.8, 4) is 0 Å². The van der Waals surface area contributed by atoms with Crippen LogP contribution in [0, 0.1) is 0 Å². The van der Waals surface area contributed by atoms with Gasteiger partial charge in [0.2, 0.25) is 15.9 Å². The Morgan fingerprint density at radius 2 is 1.84 bits per heavy atom. The Bertz CT molecular complexity index is 668. The molecule has 1 aromatic carbocycles. The molecule has 0 spiro atoms. The molecule has 1 aromatic rings. The molecule has 0 radical (unpaired) electrons. The minimum Gasteiger partial charge on any atom is -0.348 e. The molecule has 2 rings (SSSR count). The minimum atomic E-state index is -3.40. The fourth-order valence-corrected chi connectivity index (χ4v) is 4.80. The molecular formula is C18H28N2O3S2. The molecule has 0 unspecified atom stereocenters. The van der Waals surface area contributed by atoms with E-state index in [1.54, 1.807) is 11.8 Å². The molecule has 1 aliphatic carbocycles. The molecule has 1 aliphatic rings. The molecule has 1 atom stereocenters. The number of nitrogens with zero attached hydrogens (tertiary/aromatic N) is 1. The number of amides is 1. The van der Waals surface area contributed by atoms with Crippen LogP contribution < -0.4 is 5.32 Å². The van der Waals surface area contributed by atoms with E-state index in [-0.39, 0.29) is 24.5 Å². The van der Waals surface area contributed by atoms with Crippen molar-refractivity contribution in [2.75, 3.05) is 19.1 Å². The molecule has 1 fully saturated rings. The molecule has 1 amide bonds. The van der Waals surface area contributed by atoms with E-state index in [0.717, 1.165) is 37.7 Å². The second kappa shape index (κ2) is 9.05. The van der Waals surface area contributed by atoms with Crippen LogP contribution in [0.1, 0.15) is 50.6 Å². The number of hydrogen-bond acceptors (Lipinski definition) is 4. The molecule has 0 aromatic heterocycles. The van der Waals surface area contributed by atoms with Gasteiger partial charge in [-0.3, -0.25) is 4.79 Å². The van der Waals surface area contributed by atoms with Gasteiger partial charge < -0.3 is 5.32 Å². The monoisotopic (exact) mass is 384 g/mol. The van der Waals surface area contributed by atoms with E-state index in [2.05, 4.69) is 5.32 Å². The standard InChI is InChI=1S/C18H28N2O3S2/c1-14(15-9-11-17(24-2)12-10-15)19-18(21)13-20(25(3,22)23)16-7-5-4-6-8-16/h9-12,14,16H,4-8,13H2,1-3H3,(H,19,21)/t14-/m1/s1. The maximum atomic E-state index is 12.4. The van der Waals surface area contributed by atoms with Crippen LogP contribution >= 0.6 is 11.8 Å². The Labute approximate surface area is 155 Å². The van der Waals surface area contributed by atoms with Gasteiger partial charge in [0, 0.05) is 10.9 Å². The lowest BCUT2D eigenvalue weighted by Gasteiger charge is -2.32. The van der Waals surface area contributed by atoms with Crippen LogP contribution in [-0.4, -0.2) is 43.7 Å². The molecule has 1 saturated carbocycles. The SMILES string of the molecule is CSc1ccc([C@@H](C)NC(=O)CN(C2CCCCC2)S(C)(=O)=O)cc1. The number of carbonyl (C=O) groups excluding carboxylic acids is 1. The zero-order valence-corrected chi connectivity index (χ0v) is 16.8. The van der Waals surface area contributed by atoms with E-state index in [4.69, 9.17) is 0 Å². The first kappa shape index (κ1) is 20.3. The van der Waals surface area contributed by atoms with Crippen molar-refractivity contribution < 1.29 is 13.2 Å². The van der Waals surface area contributed by atoms with E-state index in [0.29, 0.717) is 0 Å². The Morgan fingerprint density at radius 1 is 1.24 bits per heavy atom. The predicted octanol–water partition coefficient (Wildman–Crippen LogP) is 3.18. The van der Waals surface area contributed by atoms with Gasteiger partial charge in [0.15, 0.2) is 0 Å². The Balaban J connectivity index is 1.99. The van der Waals surface area contributed by atoms with Crippen LogP contribution in [0.3, 0.4) is 0 Å². The molecule has 140 valence electrons. The van der Waals surface area contributed by atoms with E-state index < -0.39 is 10.0 Å². The Hall–Kier alpha value is -1.05. The van der Waals surface area contributed by atoms with E-state index >= 15 is 0 Å². The lowest BCUT2D eigenvalue weighted by Crippen LogP contribution is -2.46. The number of thioether (sulfide) groups is 1. The second-order valence-corrected chi connectivity index (χ2v) is 9.48. The molecule has 0 bridgehead atoms. The number of hydrogen-bond donors (Lipinski definition) is 1. The molecule has 25 heavy (non-hydrogen) atoms. The normalized spacial score (nSPS) is 17.4. The Morgan fingerprint density at radius 3 is 2.36 bits per heavy atom. The first-order valence-electron chi connectivity index (χ1n) is 8.71. The lowest BCUT2D eigenvalue weighted by molar-refractivity contribution is -0.122. The largest absolute Gasteiger partial charge is 0.348 e. The average Bonchev–Trinajstić information content (AvgIpc) is 2.59. The third kappa shape index (κ3) is 6.01. The third-order valence-corrected chi connectivity index (χ3v) is 6.72. The van der Waals surface area contributed by atoms with Crippen LogP contribution in [-0.2, 0) is 14.8 Å². The summed E-state index contributed by atoms with van der Waals surface area (Å²) in [6.07, 6.45) is 8.08. The molecule has 0 saturated heterocycles. The van der Waals surface area contributed by atoms with Crippen molar-refractivity contribution in [1.29, 1.82) is 0 Å². The van der Waals surface area contributed by atoms with Crippen LogP contribution in [0.2, 0.25) is 0 Å². The summed E-state index contributed by atoms with van der Waals surface area (Å²) in [5.74, 6) is -0.252. The summed E-state index contributed by atoms with van der Waals surface area (Å²) < 4.78 is 25.7. The number of benzene rings is 1. The highest BCUT2D eigenvalue weighted by Gasteiger charge is 2.30. The maximum Gasteiger partial charge on any atom is 0.235 e. The van der Waals surface area contributed by atoms with Gasteiger partial charge in [-0.25, -0.2) is 8.42 Å². The van der Waals surface area contributed by atoms with Crippen molar-refractivity contribution in [2.24, 2.45) is 0 Å². The smallest absolute Gasteiger partial charge is 0.235 e. The van der Waals surface area contributed by atoms with Gasteiger partial charge in [-0.15, -0.1) is 11.8 Å². The van der Waals surface area contributed by atoms with Gasteiger partial charge in [0.1, 0.15) is 0 Å². The summed E-state index contributed by atoms with van der Waals surface area (Å²) in [7, 11) is -3.40. The highest BCUT2D eigenvalue weighted by molar-refractivity contribution is 7.98. The zero-order chi connectivity index (χ0) is 18.4. The van der Waals surface area contributed by atoms with Crippen LogP contribution in [0.5, 0.6) is 0 Å². The molecule has 0 aliphatic heterocycles. The van der Waals surface area contributed by atoms with Crippen LogP contribution in [0.25, 0.3) is 0 Å². The first-order valence-corrected chi connectivity index (χ1v) is 11.8. The summed E-state index contributed by atoms with van der Waals surface area (Å²) in [6.45, 7) is 1.81. The van der Waals surface area contributed by atoms with Gasteiger partial charge in [-0.05, 0) is 43.7 Å². The highest BCUT2D eigenvalue weighted by Crippen LogP contribution is 2.24. The summed E-state index contributed by atoms with van der Waals surface area (Å²) >= 11 is 1.67. The van der Waals surface area contributed by atoms with Crippen molar-refractivity contribution in [3.63, 3.8) is 0 Å². The number of rotatable bonds is 7. The van der Waals surface area contributed by atoms with Crippen molar-refractivity contribution in [1.82, 2.24) is 9.62 Å². The molecule has 0 heterocycles. The molecule has 1 N–H and O–H groups in total. The highest BCUT2D eigenvalue weighted by atomic mass is 32.2. The molecule has 7 heteroatoms. The number of carbonyl (C=O) groups is 1. The van der Waals surface area contributed by atoms with Crippen LogP contribution in [0.4, 0.5) is 0 Å². The Kier molecular flexibility index (Phi) is 7.34. The van der Waals surface area contributed by atoms with Gasteiger partial charge in [-0.1, -0.05) is 31.4 Å². The van der Waals surface area contributed by atoms with E-state index in [1.165, 1.54) is 15.5 Å². The lowest BCUT2D eigenvalue weighted by atomic mass is 9.95. The predicted molar refractivity (Wildman–Crippen MR) is 103 cm³/mol. The van der Waals surface area contributed by atoms with Crippen molar-refractivity contribution >= 4 is 27.7 Å². The summed E-state index contributed by atoms with van der Waals surface area (Å²) in [5, 5.41) is 2.92. The topological polar surface area (TPSA) is 66.5 Å². The van der Waals surface area contributed by atoms with Gasteiger partial charge >= 0.3 is 0 Å². The molecular weight excluding hydrogens is 356 g/mol. The fourth-order valence-electron chi connectivity index (χ4n) is 3.29. The quantitative estimate of drug-likeness (QED) is 0.733. The third-order valence-electron chi connectivity index (χ3n) is 4.70. The van der Waals surface area contributed by atoms with E-state index in [9.17, 15) is 13.2 Å². The summed E-state index contributed by atoms with van der Waals surface area (Å²) in [5.41, 5.74) is 1.01. The minimum absolute atomic E-state index is 0.0503. The first-order chi connectivity index (χ1) is 11.8. The van der Waals surface area contributed by atoms with Crippen molar-refractivity contribution in [2.45, 2.75) is 56.0 Å².